The van der Waals surface area contributed by atoms with Crippen molar-refractivity contribution in [3.05, 3.63) is 34.9 Å². The summed E-state index contributed by atoms with van der Waals surface area (Å²) in [5, 5.41) is 2.87. The molecular weight excluding hydrogens is 328 g/mol. The number of ether oxygens (including phenoxy) is 1. The number of nitrogens with zero attached hydrogens (tertiary/aromatic N) is 1. The molecule has 2 aliphatic carbocycles. The molecule has 4 rings (SSSR count). The number of carbonyl (C=O) groups excluding carboxylic acids is 2. The van der Waals surface area contributed by atoms with Crippen LogP contribution < -0.4 is 5.32 Å². The van der Waals surface area contributed by atoms with Gasteiger partial charge in [0, 0.05) is 18.5 Å². The van der Waals surface area contributed by atoms with Gasteiger partial charge in [-0.05, 0) is 57.9 Å². The van der Waals surface area contributed by atoms with Gasteiger partial charge in [-0.1, -0.05) is 29.3 Å². The average Bonchev–Trinajstić information content (AvgIpc) is 2.89. The Balaban J connectivity index is 1.34. The van der Waals surface area contributed by atoms with E-state index in [1.54, 1.807) is 0 Å². The zero-order valence-corrected chi connectivity index (χ0v) is 15.9. The minimum atomic E-state index is -0.349. The highest BCUT2D eigenvalue weighted by atomic mass is 16.6. The fraction of sp³-hybridized carbons (Fsp3) is 0.619. The quantitative estimate of drug-likeness (QED) is 0.901. The number of alkyl carbamates (subject to hydrolysis) is 1. The van der Waals surface area contributed by atoms with Crippen molar-refractivity contribution in [2.24, 2.45) is 5.92 Å². The smallest absolute Gasteiger partial charge is 0.407 e. The molecule has 0 bridgehead atoms. The molecule has 5 heteroatoms. The van der Waals surface area contributed by atoms with Crippen molar-refractivity contribution in [1.29, 1.82) is 0 Å². The number of benzene rings is 1. The van der Waals surface area contributed by atoms with E-state index in [0.29, 0.717) is 31.4 Å². The van der Waals surface area contributed by atoms with E-state index in [2.05, 4.69) is 49.2 Å². The fourth-order valence-electron chi connectivity index (χ4n) is 4.96. The van der Waals surface area contributed by atoms with E-state index < -0.39 is 0 Å². The van der Waals surface area contributed by atoms with Crippen LogP contribution in [0.5, 0.6) is 0 Å². The van der Waals surface area contributed by atoms with E-state index in [0.717, 1.165) is 19.4 Å². The zero-order chi connectivity index (χ0) is 18.5. The molecule has 1 aliphatic heterocycles. The Bertz CT molecular complexity index is 713. The summed E-state index contributed by atoms with van der Waals surface area (Å²) in [6.07, 6.45) is 3.18. The van der Waals surface area contributed by atoms with Gasteiger partial charge in [-0.2, -0.15) is 0 Å². The van der Waals surface area contributed by atoms with Crippen LogP contribution in [0.2, 0.25) is 0 Å². The molecule has 5 nitrogen and oxygen atoms in total. The van der Waals surface area contributed by atoms with E-state index >= 15 is 0 Å². The van der Waals surface area contributed by atoms with E-state index in [1.165, 1.54) is 16.7 Å². The van der Waals surface area contributed by atoms with Crippen LogP contribution in [0, 0.1) is 19.8 Å². The van der Waals surface area contributed by atoms with Gasteiger partial charge >= 0.3 is 6.09 Å². The third kappa shape index (κ3) is 2.97. The monoisotopic (exact) mass is 356 g/mol. The summed E-state index contributed by atoms with van der Waals surface area (Å²) < 4.78 is 5.01. The molecule has 0 unspecified atom stereocenters. The van der Waals surface area contributed by atoms with Crippen LogP contribution >= 0.6 is 0 Å². The van der Waals surface area contributed by atoms with Crippen LogP contribution in [-0.4, -0.2) is 41.6 Å². The molecule has 0 radical (unpaired) electrons. The van der Waals surface area contributed by atoms with Crippen molar-refractivity contribution >= 4 is 12.0 Å². The highest BCUT2D eigenvalue weighted by Crippen LogP contribution is 2.45. The van der Waals surface area contributed by atoms with Gasteiger partial charge < -0.3 is 15.0 Å². The SMILES string of the molecule is CCN(C(=O)[C@H]1C[C@]2(COC(=O)N2)C1)[C@H]1C[C@@H](c2cc(C)cc(C)c2)C1. The summed E-state index contributed by atoms with van der Waals surface area (Å²) in [6, 6.07) is 7.12. The number of rotatable bonds is 4. The Kier molecular flexibility index (Phi) is 4.20. The van der Waals surface area contributed by atoms with Crippen molar-refractivity contribution in [3.8, 4) is 0 Å². The molecule has 2 saturated carbocycles. The van der Waals surface area contributed by atoms with Crippen LogP contribution in [0.3, 0.4) is 0 Å². The Hall–Kier alpha value is -2.04. The molecule has 1 spiro atoms. The lowest BCUT2D eigenvalue weighted by Gasteiger charge is -2.48. The van der Waals surface area contributed by atoms with E-state index in [-0.39, 0.29) is 23.5 Å². The van der Waals surface area contributed by atoms with Gasteiger partial charge in [-0.3, -0.25) is 4.79 Å². The van der Waals surface area contributed by atoms with Gasteiger partial charge in [0.05, 0.1) is 5.54 Å². The van der Waals surface area contributed by atoms with Gasteiger partial charge in [-0.15, -0.1) is 0 Å². The average molecular weight is 356 g/mol. The Labute approximate surface area is 155 Å². The second kappa shape index (κ2) is 6.29. The van der Waals surface area contributed by atoms with Gasteiger partial charge in [0.2, 0.25) is 5.91 Å². The lowest BCUT2D eigenvalue weighted by Crippen LogP contribution is -2.60. The molecule has 2 amide bonds. The summed E-state index contributed by atoms with van der Waals surface area (Å²) in [5.41, 5.74) is 3.76. The highest BCUT2D eigenvalue weighted by molar-refractivity contribution is 5.82. The maximum Gasteiger partial charge on any atom is 0.407 e. The minimum Gasteiger partial charge on any atom is -0.447 e. The third-order valence-electron chi connectivity index (χ3n) is 6.36. The normalized spacial score (nSPS) is 32.4. The first-order chi connectivity index (χ1) is 12.4. The van der Waals surface area contributed by atoms with Crippen molar-refractivity contribution in [2.45, 2.75) is 64.0 Å². The first-order valence-corrected chi connectivity index (χ1v) is 9.73. The standard InChI is InChI=1S/C21H28N2O3/c1-4-23(19(24)17-10-21(11-17)12-26-20(25)22-21)18-8-16(9-18)15-6-13(2)5-14(3)7-15/h5-7,16-18H,4,8-12H2,1-3H3,(H,22,25)/t16-,17-,18+,21+. The van der Waals surface area contributed by atoms with E-state index in [9.17, 15) is 9.59 Å². The minimum absolute atomic E-state index is 0.0252. The second-order valence-electron chi connectivity index (χ2n) is 8.45. The summed E-state index contributed by atoms with van der Waals surface area (Å²) in [4.78, 5) is 26.3. The van der Waals surface area contributed by atoms with Crippen molar-refractivity contribution in [3.63, 3.8) is 0 Å². The first-order valence-electron chi connectivity index (χ1n) is 9.73. The van der Waals surface area contributed by atoms with Crippen LogP contribution in [0.25, 0.3) is 0 Å². The Morgan fingerprint density at radius 3 is 2.42 bits per heavy atom. The molecule has 1 aromatic carbocycles. The number of amides is 2. The van der Waals surface area contributed by atoms with Crippen molar-refractivity contribution in [1.82, 2.24) is 10.2 Å². The van der Waals surface area contributed by atoms with Gasteiger partial charge in [-0.25, -0.2) is 4.79 Å². The lowest BCUT2D eigenvalue weighted by molar-refractivity contribution is -0.145. The summed E-state index contributed by atoms with van der Waals surface area (Å²) in [6.45, 7) is 7.52. The van der Waals surface area contributed by atoms with Crippen LogP contribution in [-0.2, 0) is 9.53 Å². The van der Waals surface area contributed by atoms with Gasteiger partial charge in [0.1, 0.15) is 6.61 Å². The number of hydrogen-bond donors (Lipinski definition) is 1. The molecular formula is C21H28N2O3. The lowest BCUT2D eigenvalue weighted by atomic mass is 9.67. The second-order valence-corrected chi connectivity index (χ2v) is 8.45. The maximum atomic E-state index is 12.9. The summed E-state index contributed by atoms with van der Waals surface area (Å²) in [7, 11) is 0. The van der Waals surface area contributed by atoms with Gasteiger partial charge in [0.25, 0.3) is 0 Å². The number of nitrogens with one attached hydrogen (secondary N) is 1. The largest absolute Gasteiger partial charge is 0.447 e. The highest BCUT2D eigenvalue weighted by Gasteiger charge is 2.54. The topological polar surface area (TPSA) is 58.6 Å². The van der Waals surface area contributed by atoms with Gasteiger partial charge in [0.15, 0.2) is 0 Å². The fourth-order valence-corrected chi connectivity index (χ4v) is 4.96. The number of cyclic esters (lactones) is 1. The number of hydrogen-bond acceptors (Lipinski definition) is 3. The van der Waals surface area contributed by atoms with Crippen LogP contribution in [0.4, 0.5) is 4.79 Å². The molecule has 1 heterocycles. The molecule has 1 saturated heterocycles. The Morgan fingerprint density at radius 1 is 1.23 bits per heavy atom. The van der Waals surface area contributed by atoms with E-state index in [4.69, 9.17) is 4.74 Å². The van der Waals surface area contributed by atoms with Crippen molar-refractivity contribution in [2.75, 3.05) is 13.2 Å². The van der Waals surface area contributed by atoms with Crippen LogP contribution in [0.15, 0.2) is 18.2 Å². The third-order valence-corrected chi connectivity index (χ3v) is 6.36. The predicted molar refractivity (Wildman–Crippen MR) is 99.0 cm³/mol. The molecule has 26 heavy (non-hydrogen) atoms. The van der Waals surface area contributed by atoms with Crippen molar-refractivity contribution < 1.29 is 14.3 Å². The zero-order valence-electron chi connectivity index (χ0n) is 15.9. The molecule has 140 valence electrons. The number of aryl methyl sites for hydroxylation is 2. The predicted octanol–water partition coefficient (Wildman–Crippen LogP) is 3.29. The van der Waals surface area contributed by atoms with E-state index in [1.807, 2.05) is 0 Å². The first kappa shape index (κ1) is 17.4. The molecule has 3 fully saturated rings. The molecule has 0 aromatic heterocycles. The Morgan fingerprint density at radius 2 is 1.88 bits per heavy atom. The maximum absolute atomic E-state index is 12.9. The molecule has 1 N–H and O–H groups in total. The summed E-state index contributed by atoms with van der Waals surface area (Å²) in [5.74, 6) is 0.844. The molecule has 3 aliphatic rings. The molecule has 1 aromatic rings. The summed E-state index contributed by atoms with van der Waals surface area (Å²) >= 11 is 0. The molecule has 0 atom stereocenters. The van der Waals surface area contributed by atoms with Crippen LogP contribution in [0.1, 0.15) is 55.2 Å². The number of carbonyl (C=O) groups is 2.